The molecule has 0 saturated heterocycles. The molecule has 1 N–H and O–H groups in total. The zero-order chi connectivity index (χ0) is 15.4. The van der Waals surface area contributed by atoms with Gasteiger partial charge >= 0.3 is 5.97 Å². The first-order chi connectivity index (χ1) is 9.83. The lowest BCUT2D eigenvalue weighted by Crippen LogP contribution is -2.47. The second-order valence-electron chi connectivity index (χ2n) is 6.27. The summed E-state index contributed by atoms with van der Waals surface area (Å²) in [5, 5.41) is 10.2. The minimum absolute atomic E-state index is 0.157. The third-order valence-electron chi connectivity index (χ3n) is 4.23. The van der Waals surface area contributed by atoms with Crippen molar-refractivity contribution in [2.75, 3.05) is 7.11 Å². The third-order valence-corrected chi connectivity index (χ3v) is 4.23. The topological polar surface area (TPSA) is 65.0 Å². The Morgan fingerprint density at radius 3 is 2.76 bits per heavy atom. The summed E-state index contributed by atoms with van der Waals surface area (Å²) < 4.78 is 16.7. The summed E-state index contributed by atoms with van der Waals surface area (Å²) in [6.45, 7) is 5.48. The normalized spacial score (nSPS) is 26.2. The lowest BCUT2D eigenvalue weighted by molar-refractivity contribution is -0.0431. The molecule has 0 unspecified atom stereocenters. The minimum atomic E-state index is -0.753. The van der Waals surface area contributed by atoms with Crippen LogP contribution < -0.4 is 9.47 Å². The van der Waals surface area contributed by atoms with Gasteiger partial charge in [-0.2, -0.15) is 0 Å². The van der Waals surface area contributed by atoms with Crippen molar-refractivity contribution in [1.82, 2.24) is 0 Å². The van der Waals surface area contributed by atoms with Crippen molar-refractivity contribution in [3.63, 3.8) is 0 Å². The van der Waals surface area contributed by atoms with Gasteiger partial charge in [0.15, 0.2) is 0 Å². The zero-order valence-electron chi connectivity index (χ0n) is 12.7. The Kier molecular flexibility index (Phi) is 3.13. The maximum Gasteiger partial charge on any atom is 0.342 e. The van der Waals surface area contributed by atoms with Crippen LogP contribution in [-0.2, 0) is 17.6 Å². The fourth-order valence-electron chi connectivity index (χ4n) is 2.96. The molecule has 0 saturated carbocycles. The van der Waals surface area contributed by atoms with Gasteiger partial charge in [0, 0.05) is 18.4 Å². The molecule has 0 radical (unpaired) electrons. The Bertz CT molecular complexity index is 605. The molecule has 2 aliphatic rings. The van der Waals surface area contributed by atoms with Gasteiger partial charge in [-0.05, 0) is 32.4 Å². The highest BCUT2D eigenvalue weighted by Gasteiger charge is 2.41. The second-order valence-corrected chi connectivity index (χ2v) is 6.27. The van der Waals surface area contributed by atoms with E-state index in [1.54, 1.807) is 7.11 Å². The van der Waals surface area contributed by atoms with E-state index in [9.17, 15) is 9.90 Å². The quantitative estimate of drug-likeness (QED) is 0.801. The Hall–Kier alpha value is -1.75. The van der Waals surface area contributed by atoms with Crippen molar-refractivity contribution in [2.45, 2.75) is 51.4 Å². The van der Waals surface area contributed by atoms with Gasteiger partial charge in [0.2, 0.25) is 0 Å². The number of hydrogen-bond acceptors (Lipinski definition) is 5. The van der Waals surface area contributed by atoms with Crippen LogP contribution in [0.5, 0.6) is 11.5 Å². The molecule has 21 heavy (non-hydrogen) atoms. The number of fused-ring (bicyclic) bond motifs is 3. The molecule has 114 valence electrons. The molecule has 3 rings (SSSR count). The number of rotatable bonds is 1. The first kappa shape index (κ1) is 14.2. The zero-order valence-corrected chi connectivity index (χ0v) is 12.7. The van der Waals surface area contributed by atoms with Crippen LogP contribution >= 0.6 is 0 Å². The summed E-state index contributed by atoms with van der Waals surface area (Å²) in [6.07, 6.45) is 0.212. The summed E-state index contributed by atoms with van der Waals surface area (Å²) in [5.74, 6) is 0.784. The Balaban J connectivity index is 2.22. The van der Waals surface area contributed by atoms with Crippen LogP contribution in [-0.4, -0.2) is 36.0 Å². The third kappa shape index (κ3) is 2.16. The number of esters is 1. The molecule has 0 amide bonds. The average molecular weight is 292 g/mol. The summed E-state index contributed by atoms with van der Waals surface area (Å²) in [5.41, 5.74) is 1.33. The number of carbonyl (C=O) groups is 1. The molecule has 2 heterocycles. The van der Waals surface area contributed by atoms with Gasteiger partial charge in [-0.1, -0.05) is 0 Å². The van der Waals surface area contributed by atoms with E-state index in [1.165, 1.54) is 0 Å². The number of hydrogen-bond donors (Lipinski definition) is 1. The van der Waals surface area contributed by atoms with E-state index in [4.69, 9.17) is 14.2 Å². The predicted octanol–water partition coefficient (Wildman–Crippen LogP) is 1.87. The molecule has 2 atom stereocenters. The summed E-state index contributed by atoms with van der Waals surface area (Å²) >= 11 is 0. The van der Waals surface area contributed by atoms with Crippen molar-refractivity contribution in [3.8, 4) is 11.5 Å². The smallest absolute Gasteiger partial charge is 0.342 e. The van der Waals surface area contributed by atoms with E-state index in [-0.39, 0.29) is 12.1 Å². The molecule has 0 aromatic heterocycles. The van der Waals surface area contributed by atoms with Gasteiger partial charge in [0.1, 0.15) is 28.8 Å². The Morgan fingerprint density at radius 2 is 2.10 bits per heavy atom. The number of aliphatic hydroxyl groups excluding tert-OH is 1. The molecule has 2 aliphatic heterocycles. The molecular weight excluding hydrogens is 272 g/mol. The molecule has 0 bridgehead atoms. The highest BCUT2D eigenvalue weighted by Crippen LogP contribution is 2.44. The highest BCUT2D eigenvalue weighted by atomic mass is 16.6. The van der Waals surface area contributed by atoms with Crippen LogP contribution in [0.25, 0.3) is 0 Å². The second kappa shape index (κ2) is 4.63. The van der Waals surface area contributed by atoms with E-state index in [1.807, 2.05) is 26.8 Å². The number of methoxy groups -OCH3 is 1. The predicted molar refractivity (Wildman–Crippen MR) is 76.0 cm³/mol. The van der Waals surface area contributed by atoms with Crippen molar-refractivity contribution in [2.24, 2.45) is 0 Å². The van der Waals surface area contributed by atoms with Gasteiger partial charge in [-0.25, -0.2) is 4.79 Å². The van der Waals surface area contributed by atoms with Gasteiger partial charge in [-0.3, -0.25) is 0 Å². The average Bonchev–Trinajstić information content (AvgIpc) is 2.38. The number of aliphatic hydroxyl groups is 1. The van der Waals surface area contributed by atoms with Crippen molar-refractivity contribution < 1.29 is 24.1 Å². The van der Waals surface area contributed by atoms with Gasteiger partial charge in [-0.15, -0.1) is 0 Å². The summed E-state index contributed by atoms with van der Waals surface area (Å²) in [6, 6.07) is 1.86. The van der Waals surface area contributed by atoms with E-state index in [0.29, 0.717) is 29.9 Å². The van der Waals surface area contributed by atoms with Crippen molar-refractivity contribution in [3.05, 3.63) is 22.8 Å². The molecule has 0 spiro atoms. The largest absolute Gasteiger partial charge is 0.496 e. The molecule has 0 fully saturated rings. The molecule has 0 aliphatic carbocycles. The number of carbonyl (C=O) groups excluding carboxylic acids is 1. The number of cyclic esters (lactones) is 1. The molecule has 5 heteroatoms. The Morgan fingerprint density at radius 1 is 1.38 bits per heavy atom. The van der Waals surface area contributed by atoms with E-state index < -0.39 is 11.7 Å². The number of ether oxygens (including phenoxy) is 3. The lowest BCUT2D eigenvalue weighted by Gasteiger charge is -2.39. The maximum atomic E-state index is 12.3. The van der Waals surface area contributed by atoms with Gasteiger partial charge < -0.3 is 19.3 Å². The van der Waals surface area contributed by atoms with Gasteiger partial charge in [0.05, 0.1) is 13.2 Å². The van der Waals surface area contributed by atoms with E-state index in [0.717, 1.165) is 11.1 Å². The molecule has 1 aromatic carbocycles. The molecule has 1 aromatic rings. The van der Waals surface area contributed by atoms with E-state index in [2.05, 4.69) is 0 Å². The van der Waals surface area contributed by atoms with Crippen LogP contribution in [0.2, 0.25) is 0 Å². The highest BCUT2D eigenvalue weighted by molar-refractivity contribution is 5.96. The minimum Gasteiger partial charge on any atom is -0.496 e. The Labute approximate surface area is 123 Å². The first-order valence-corrected chi connectivity index (χ1v) is 7.14. The van der Waals surface area contributed by atoms with Crippen LogP contribution in [0.1, 0.15) is 42.3 Å². The van der Waals surface area contributed by atoms with Gasteiger partial charge in [0.25, 0.3) is 0 Å². The summed E-state index contributed by atoms with van der Waals surface area (Å²) in [4.78, 5) is 12.3. The fourth-order valence-corrected chi connectivity index (χ4v) is 2.96. The van der Waals surface area contributed by atoms with Crippen LogP contribution in [0.4, 0.5) is 0 Å². The fraction of sp³-hybridized carbons (Fsp3) is 0.562. The molecular formula is C16H20O5. The monoisotopic (exact) mass is 292 g/mol. The standard InChI is InChI=1S/C16H20O5/c1-8-5-9-6-11(19-4)10-7-12(17)16(2,3)21-14(10)13(9)15(18)20-8/h6,8,12,17H,5,7H2,1-4H3/t8-,12+/m0/s1. The summed E-state index contributed by atoms with van der Waals surface area (Å²) in [7, 11) is 1.58. The van der Waals surface area contributed by atoms with E-state index >= 15 is 0 Å². The first-order valence-electron chi connectivity index (χ1n) is 7.14. The molecule has 5 nitrogen and oxygen atoms in total. The van der Waals surface area contributed by atoms with Crippen LogP contribution in [0.3, 0.4) is 0 Å². The van der Waals surface area contributed by atoms with Crippen LogP contribution in [0.15, 0.2) is 6.07 Å². The van der Waals surface area contributed by atoms with Crippen molar-refractivity contribution in [1.29, 1.82) is 0 Å². The van der Waals surface area contributed by atoms with Crippen LogP contribution in [0, 0.1) is 0 Å². The lowest BCUT2D eigenvalue weighted by atomic mass is 9.86. The number of benzene rings is 1. The maximum absolute atomic E-state index is 12.3. The SMILES string of the molecule is COc1cc2c(c3c1C[C@@H](O)C(C)(C)O3)C(=O)O[C@@H](C)C2. The van der Waals surface area contributed by atoms with Crippen molar-refractivity contribution >= 4 is 5.97 Å².